The molecule has 35 heavy (non-hydrogen) atoms. The van der Waals surface area contributed by atoms with E-state index in [4.69, 9.17) is 19.2 Å². The summed E-state index contributed by atoms with van der Waals surface area (Å²) < 4.78 is 16.4. The van der Waals surface area contributed by atoms with E-state index in [-0.39, 0.29) is 30.7 Å². The first-order valence-corrected chi connectivity index (χ1v) is 11.0. The van der Waals surface area contributed by atoms with Crippen molar-refractivity contribution in [1.82, 2.24) is 9.97 Å². The highest BCUT2D eigenvalue weighted by Crippen LogP contribution is 2.39. The fraction of sp³-hybridized carbons (Fsp3) is 0.308. The van der Waals surface area contributed by atoms with Gasteiger partial charge < -0.3 is 24.6 Å². The average molecular weight is 520 g/mol. The Hall–Kier alpha value is -3.16. The van der Waals surface area contributed by atoms with E-state index < -0.39 is 0 Å². The third kappa shape index (κ3) is 5.41. The van der Waals surface area contributed by atoms with Crippen LogP contribution in [0.5, 0.6) is 23.1 Å². The first-order valence-electron chi connectivity index (χ1n) is 11.0. The third-order valence-electron chi connectivity index (χ3n) is 5.82. The van der Waals surface area contributed by atoms with Gasteiger partial charge in [-0.05, 0) is 60.7 Å². The number of nitrogens with zero attached hydrogens (tertiary/aromatic N) is 2. The van der Waals surface area contributed by atoms with Gasteiger partial charge in [0.05, 0.1) is 32.5 Å². The number of ether oxygens (including phenoxy) is 3. The molecule has 0 aliphatic heterocycles. The van der Waals surface area contributed by atoms with E-state index >= 15 is 0 Å². The van der Waals surface area contributed by atoms with E-state index in [1.807, 2.05) is 44.2 Å². The molecule has 0 saturated carbocycles. The van der Waals surface area contributed by atoms with Gasteiger partial charge in [-0.15, -0.1) is 24.8 Å². The first kappa shape index (κ1) is 28.1. The number of halogens is 2. The lowest BCUT2D eigenvalue weighted by atomic mass is 9.96. The molecule has 0 unspecified atom stereocenters. The van der Waals surface area contributed by atoms with E-state index in [9.17, 15) is 5.11 Å². The van der Waals surface area contributed by atoms with Crippen molar-refractivity contribution < 1.29 is 19.3 Å². The molecule has 0 spiro atoms. The van der Waals surface area contributed by atoms with Crippen molar-refractivity contribution in [3.8, 4) is 23.1 Å². The molecule has 0 aliphatic carbocycles. The average Bonchev–Trinajstić information content (AvgIpc) is 2.84. The van der Waals surface area contributed by atoms with Gasteiger partial charge in [0.15, 0.2) is 11.5 Å². The molecule has 9 heteroatoms. The van der Waals surface area contributed by atoms with Gasteiger partial charge in [-0.1, -0.05) is 6.92 Å². The van der Waals surface area contributed by atoms with Gasteiger partial charge in [-0.2, -0.15) is 0 Å². The number of aryl methyl sites for hydroxylation is 1. The molecule has 2 N–H and O–H groups in total. The molecule has 2 aromatic carbocycles. The number of hydrogen-bond donors (Lipinski definition) is 2. The Bertz CT molecular complexity index is 1330. The van der Waals surface area contributed by atoms with Gasteiger partial charge >= 0.3 is 0 Å². The van der Waals surface area contributed by atoms with Crippen LogP contribution in [-0.4, -0.2) is 42.9 Å². The number of rotatable bonds is 8. The van der Waals surface area contributed by atoms with Crippen LogP contribution in [0.3, 0.4) is 0 Å². The van der Waals surface area contributed by atoms with Gasteiger partial charge in [0, 0.05) is 29.3 Å². The lowest BCUT2D eigenvalue weighted by Crippen LogP contribution is -2.06. The molecular formula is C26H31Cl2N3O4. The second-order valence-electron chi connectivity index (χ2n) is 7.73. The van der Waals surface area contributed by atoms with Crippen LogP contribution in [-0.2, 0) is 12.8 Å². The Kier molecular flexibility index (Phi) is 9.63. The Morgan fingerprint density at radius 1 is 0.857 bits per heavy atom. The zero-order chi connectivity index (χ0) is 23.5. The van der Waals surface area contributed by atoms with Crippen LogP contribution in [0.25, 0.3) is 21.7 Å². The summed E-state index contributed by atoms with van der Waals surface area (Å²) in [4.78, 5) is 9.34. The minimum absolute atomic E-state index is 0. The number of nitrogens with one attached hydrogen (secondary N) is 1. The molecule has 0 radical (unpaired) electrons. The van der Waals surface area contributed by atoms with Crippen molar-refractivity contribution >= 4 is 52.3 Å². The molecule has 0 atom stereocenters. The van der Waals surface area contributed by atoms with Gasteiger partial charge in [0.1, 0.15) is 11.6 Å². The standard InChI is InChI=1S/C26H29N3O4.2ClH/c1-6-21-19-14-24(33-5)23(32-4)13-18(19)20(26(30)29-21)12-16-10-15-11-17(31-3)8-9-22(15)28-25(16)27-7-2;;/h8-11,13-14H,6-7,12H2,1-5H3,(H,27,28)(H,29,30);2*1H. The molecule has 188 valence electrons. The number of hydrogen-bond acceptors (Lipinski definition) is 7. The minimum atomic E-state index is 0. The van der Waals surface area contributed by atoms with E-state index in [0.29, 0.717) is 29.9 Å². The summed E-state index contributed by atoms with van der Waals surface area (Å²) >= 11 is 0. The smallest absolute Gasteiger partial charge is 0.215 e. The number of aromatic hydroxyl groups is 1. The normalized spacial score (nSPS) is 10.4. The topological polar surface area (TPSA) is 85.7 Å². The van der Waals surface area contributed by atoms with Crippen LogP contribution in [0.4, 0.5) is 5.82 Å². The van der Waals surface area contributed by atoms with Gasteiger partial charge in [-0.3, -0.25) is 0 Å². The SMILES string of the molecule is CCNc1nc2ccc(OC)cc2cc1Cc1c(O)nc(CC)c2cc(OC)c(OC)cc12.Cl.Cl. The molecule has 7 nitrogen and oxygen atoms in total. The lowest BCUT2D eigenvalue weighted by molar-refractivity contribution is 0.355. The Labute approximate surface area is 217 Å². The molecule has 0 bridgehead atoms. The highest BCUT2D eigenvalue weighted by Gasteiger charge is 2.19. The molecule has 0 aliphatic rings. The van der Waals surface area contributed by atoms with Crippen molar-refractivity contribution in [3.05, 3.63) is 53.2 Å². The van der Waals surface area contributed by atoms with Crippen molar-refractivity contribution in [2.45, 2.75) is 26.7 Å². The Morgan fingerprint density at radius 2 is 1.54 bits per heavy atom. The minimum Gasteiger partial charge on any atom is -0.497 e. The monoisotopic (exact) mass is 519 g/mol. The maximum absolute atomic E-state index is 10.9. The zero-order valence-corrected chi connectivity index (χ0v) is 22.1. The number of fused-ring (bicyclic) bond motifs is 2. The summed E-state index contributed by atoms with van der Waals surface area (Å²) in [6.07, 6.45) is 1.12. The molecular weight excluding hydrogens is 489 g/mol. The van der Waals surface area contributed by atoms with Gasteiger partial charge in [-0.25, -0.2) is 9.97 Å². The number of methoxy groups -OCH3 is 3. The molecule has 2 heterocycles. The van der Waals surface area contributed by atoms with Crippen molar-refractivity contribution in [2.24, 2.45) is 0 Å². The van der Waals surface area contributed by atoms with Gasteiger partial charge in [0.2, 0.25) is 5.88 Å². The second-order valence-corrected chi connectivity index (χ2v) is 7.73. The molecule has 4 rings (SSSR count). The van der Waals surface area contributed by atoms with Crippen LogP contribution >= 0.6 is 24.8 Å². The largest absolute Gasteiger partial charge is 0.497 e. The molecule has 0 fully saturated rings. The summed E-state index contributed by atoms with van der Waals surface area (Å²) in [7, 11) is 4.87. The van der Waals surface area contributed by atoms with E-state index in [2.05, 4.69) is 16.4 Å². The predicted octanol–water partition coefficient (Wildman–Crippen LogP) is 5.94. The fourth-order valence-corrected chi connectivity index (χ4v) is 4.16. The summed E-state index contributed by atoms with van der Waals surface area (Å²) in [5, 5.41) is 17.1. The van der Waals surface area contributed by atoms with E-state index in [1.165, 1.54) is 0 Å². The summed E-state index contributed by atoms with van der Waals surface area (Å²) in [5.74, 6) is 2.80. The highest BCUT2D eigenvalue weighted by atomic mass is 35.5. The number of anilines is 1. The van der Waals surface area contributed by atoms with Crippen LogP contribution in [0.1, 0.15) is 30.7 Å². The summed E-state index contributed by atoms with van der Waals surface area (Å²) in [5.41, 5.74) is 3.34. The van der Waals surface area contributed by atoms with Gasteiger partial charge in [0.25, 0.3) is 0 Å². The van der Waals surface area contributed by atoms with Crippen LogP contribution in [0, 0.1) is 0 Å². The molecule has 0 saturated heterocycles. The highest BCUT2D eigenvalue weighted by molar-refractivity contribution is 5.92. The molecule has 0 amide bonds. The Balaban J connectivity index is 0.00000216. The maximum Gasteiger partial charge on any atom is 0.215 e. The summed E-state index contributed by atoms with van der Waals surface area (Å²) in [6, 6.07) is 11.7. The second kappa shape index (κ2) is 12.0. The number of benzene rings is 2. The van der Waals surface area contributed by atoms with E-state index in [1.54, 1.807) is 21.3 Å². The lowest BCUT2D eigenvalue weighted by Gasteiger charge is -2.17. The molecule has 4 aromatic rings. The van der Waals surface area contributed by atoms with E-state index in [0.717, 1.165) is 51.0 Å². The van der Waals surface area contributed by atoms with Crippen LogP contribution in [0.2, 0.25) is 0 Å². The van der Waals surface area contributed by atoms with Crippen LogP contribution < -0.4 is 19.5 Å². The third-order valence-corrected chi connectivity index (χ3v) is 5.82. The van der Waals surface area contributed by atoms with Crippen molar-refractivity contribution in [2.75, 3.05) is 33.2 Å². The quantitative estimate of drug-likeness (QED) is 0.297. The first-order chi connectivity index (χ1) is 16.0. The van der Waals surface area contributed by atoms with Crippen LogP contribution in [0.15, 0.2) is 36.4 Å². The fourth-order valence-electron chi connectivity index (χ4n) is 4.16. The van der Waals surface area contributed by atoms with Crippen molar-refractivity contribution in [3.63, 3.8) is 0 Å². The Morgan fingerprint density at radius 3 is 2.14 bits per heavy atom. The number of pyridine rings is 2. The number of aromatic nitrogens is 2. The molecule has 2 aromatic heterocycles. The maximum atomic E-state index is 10.9. The predicted molar refractivity (Wildman–Crippen MR) is 146 cm³/mol. The van der Waals surface area contributed by atoms with Crippen molar-refractivity contribution in [1.29, 1.82) is 0 Å². The zero-order valence-electron chi connectivity index (χ0n) is 20.5. The summed E-state index contributed by atoms with van der Waals surface area (Å²) in [6.45, 7) is 4.78.